The van der Waals surface area contributed by atoms with Crippen molar-refractivity contribution < 1.29 is 4.74 Å². The number of hydrogen-bond donors (Lipinski definition) is 1. The molecule has 1 atom stereocenters. The van der Waals surface area contributed by atoms with E-state index in [1.807, 2.05) is 0 Å². The van der Waals surface area contributed by atoms with Gasteiger partial charge in [-0.05, 0) is 25.7 Å². The van der Waals surface area contributed by atoms with Gasteiger partial charge in [0.15, 0.2) is 0 Å². The summed E-state index contributed by atoms with van der Waals surface area (Å²) in [6.07, 6.45) is 4.88. The molecule has 2 rings (SSSR count). The second-order valence-electron chi connectivity index (χ2n) is 4.38. The molecule has 16 heavy (non-hydrogen) atoms. The topological polar surface area (TPSA) is 47.0 Å². The van der Waals surface area contributed by atoms with Crippen molar-refractivity contribution in [2.24, 2.45) is 5.92 Å². The normalized spacial score (nSPS) is 18.1. The quantitative estimate of drug-likeness (QED) is 0.830. The van der Waals surface area contributed by atoms with Crippen LogP contribution in [-0.2, 0) is 11.2 Å². The lowest BCUT2D eigenvalue weighted by atomic mass is 9.80. The van der Waals surface area contributed by atoms with Gasteiger partial charge in [-0.15, -0.1) is 0 Å². The summed E-state index contributed by atoms with van der Waals surface area (Å²) < 4.78 is 9.30. The molecule has 5 heteroatoms. The highest BCUT2D eigenvalue weighted by molar-refractivity contribution is 7.09. The predicted octanol–water partition coefficient (Wildman–Crippen LogP) is 2.33. The third-order valence-electron chi connectivity index (χ3n) is 3.21. The minimum atomic E-state index is 0.525. The first-order valence-corrected chi connectivity index (χ1v) is 6.65. The molecular weight excluding hydrogens is 222 g/mol. The van der Waals surface area contributed by atoms with Crippen LogP contribution in [0.5, 0.6) is 0 Å². The van der Waals surface area contributed by atoms with Crippen LogP contribution in [0.2, 0.25) is 0 Å². The summed E-state index contributed by atoms with van der Waals surface area (Å²) in [4.78, 5) is 4.44. The van der Waals surface area contributed by atoms with Crippen LogP contribution in [0.4, 0.5) is 5.13 Å². The SMILES string of the molecule is COCCc1nsc(NC(C)C2CCC2)n1. The maximum atomic E-state index is 5.01. The maximum Gasteiger partial charge on any atom is 0.202 e. The highest BCUT2D eigenvalue weighted by Gasteiger charge is 2.24. The molecule has 1 N–H and O–H groups in total. The Kier molecular flexibility index (Phi) is 4.12. The summed E-state index contributed by atoms with van der Waals surface area (Å²) >= 11 is 1.45. The molecule has 1 aromatic rings. The van der Waals surface area contributed by atoms with Gasteiger partial charge in [0, 0.05) is 31.1 Å². The van der Waals surface area contributed by atoms with E-state index in [9.17, 15) is 0 Å². The summed E-state index contributed by atoms with van der Waals surface area (Å²) in [5.41, 5.74) is 0. The highest BCUT2D eigenvalue weighted by atomic mass is 32.1. The van der Waals surface area contributed by atoms with Crippen molar-refractivity contribution in [1.29, 1.82) is 0 Å². The van der Waals surface area contributed by atoms with E-state index in [2.05, 4.69) is 21.6 Å². The second-order valence-corrected chi connectivity index (χ2v) is 5.13. The average molecular weight is 241 g/mol. The smallest absolute Gasteiger partial charge is 0.202 e. The zero-order valence-electron chi connectivity index (χ0n) is 9.90. The van der Waals surface area contributed by atoms with Crippen LogP contribution in [0, 0.1) is 5.92 Å². The largest absolute Gasteiger partial charge is 0.384 e. The molecule has 0 amide bonds. The zero-order chi connectivity index (χ0) is 11.4. The van der Waals surface area contributed by atoms with Crippen LogP contribution in [0.3, 0.4) is 0 Å². The average Bonchev–Trinajstić information content (AvgIpc) is 2.59. The third kappa shape index (κ3) is 2.92. The Morgan fingerprint density at radius 1 is 1.56 bits per heavy atom. The summed E-state index contributed by atoms with van der Waals surface area (Å²) in [5.74, 6) is 1.71. The summed E-state index contributed by atoms with van der Waals surface area (Å²) in [6.45, 7) is 2.93. The van der Waals surface area contributed by atoms with E-state index in [-0.39, 0.29) is 0 Å². The van der Waals surface area contributed by atoms with Crippen LogP contribution in [0.1, 0.15) is 32.0 Å². The molecule has 90 valence electrons. The van der Waals surface area contributed by atoms with Gasteiger partial charge in [0.2, 0.25) is 5.13 Å². The van der Waals surface area contributed by atoms with E-state index in [1.165, 1.54) is 30.8 Å². The van der Waals surface area contributed by atoms with Gasteiger partial charge < -0.3 is 10.1 Å². The molecule has 1 aliphatic rings. The van der Waals surface area contributed by atoms with Crippen molar-refractivity contribution in [3.63, 3.8) is 0 Å². The third-order valence-corrected chi connectivity index (χ3v) is 3.89. The van der Waals surface area contributed by atoms with Crippen molar-refractivity contribution in [2.45, 2.75) is 38.6 Å². The molecule has 0 aliphatic heterocycles. The van der Waals surface area contributed by atoms with Crippen LogP contribution in [0.15, 0.2) is 0 Å². The molecule has 0 radical (unpaired) electrons. The Labute approximate surface area is 101 Å². The number of methoxy groups -OCH3 is 1. The fourth-order valence-electron chi connectivity index (χ4n) is 1.86. The lowest BCUT2D eigenvalue weighted by molar-refractivity contribution is 0.201. The van der Waals surface area contributed by atoms with Crippen molar-refractivity contribution in [3.05, 3.63) is 5.82 Å². The summed E-state index contributed by atoms with van der Waals surface area (Å²) in [7, 11) is 1.70. The number of nitrogens with zero attached hydrogens (tertiary/aromatic N) is 2. The Morgan fingerprint density at radius 3 is 3.00 bits per heavy atom. The first-order chi connectivity index (χ1) is 7.79. The van der Waals surface area contributed by atoms with E-state index in [1.54, 1.807) is 7.11 Å². The minimum Gasteiger partial charge on any atom is -0.384 e. The standard InChI is InChI=1S/C11H19N3OS/c1-8(9-4-3-5-9)12-11-13-10(14-16-11)6-7-15-2/h8-9H,3-7H2,1-2H3,(H,12,13,14). The minimum absolute atomic E-state index is 0.525. The van der Waals surface area contributed by atoms with E-state index < -0.39 is 0 Å². The molecule has 0 saturated heterocycles. The van der Waals surface area contributed by atoms with E-state index in [0.29, 0.717) is 12.6 Å². The fraction of sp³-hybridized carbons (Fsp3) is 0.818. The monoisotopic (exact) mass is 241 g/mol. The van der Waals surface area contributed by atoms with Gasteiger partial charge in [0.1, 0.15) is 5.82 Å². The number of ether oxygens (including phenoxy) is 1. The van der Waals surface area contributed by atoms with Crippen LogP contribution in [0.25, 0.3) is 0 Å². The molecule has 1 unspecified atom stereocenters. The van der Waals surface area contributed by atoms with Gasteiger partial charge in [0.05, 0.1) is 6.61 Å². The zero-order valence-corrected chi connectivity index (χ0v) is 10.7. The number of nitrogens with one attached hydrogen (secondary N) is 1. The summed E-state index contributed by atoms with van der Waals surface area (Å²) in [5, 5.41) is 4.39. The van der Waals surface area contributed by atoms with Crippen LogP contribution < -0.4 is 5.32 Å². The molecule has 0 bridgehead atoms. The fourth-order valence-corrected chi connectivity index (χ4v) is 2.57. The van der Waals surface area contributed by atoms with Gasteiger partial charge in [-0.25, -0.2) is 4.98 Å². The molecule has 1 saturated carbocycles. The molecule has 4 nitrogen and oxygen atoms in total. The lowest BCUT2D eigenvalue weighted by Gasteiger charge is -2.31. The Balaban J connectivity index is 1.81. The van der Waals surface area contributed by atoms with Gasteiger partial charge in [-0.1, -0.05) is 6.42 Å². The second kappa shape index (κ2) is 5.59. The molecule has 1 aromatic heterocycles. The van der Waals surface area contributed by atoms with Gasteiger partial charge in [-0.3, -0.25) is 0 Å². The van der Waals surface area contributed by atoms with Crippen LogP contribution >= 0.6 is 11.5 Å². The number of hydrogen-bond acceptors (Lipinski definition) is 5. The first-order valence-electron chi connectivity index (χ1n) is 5.87. The molecule has 0 aromatic carbocycles. The molecule has 0 spiro atoms. The Morgan fingerprint density at radius 2 is 2.38 bits per heavy atom. The predicted molar refractivity (Wildman–Crippen MR) is 65.9 cm³/mol. The van der Waals surface area contributed by atoms with Gasteiger partial charge >= 0.3 is 0 Å². The highest BCUT2D eigenvalue weighted by Crippen LogP contribution is 2.31. The van der Waals surface area contributed by atoms with Gasteiger partial charge in [-0.2, -0.15) is 4.37 Å². The number of anilines is 1. The van der Waals surface area contributed by atoms with E-state index in [0.717, 1.165) is 23.3 Å². The van der Waals surface area contributed by atoms with Crippen LogP contribution in [-0.4, -0.2) is 29.1 Å². The molecular formula is C11H19N3OS. The van der Waals surface area contributed by atoms with E-state index >= 15 is 0 Å². The molecule has 1 aliphatic carbocycles. The lowest BCUT2D eigenvalue weighted by Crippen LogP contribution is -2.30. The van der Waals surface area contributed by atoms with Crippen molar-refractivity contribution in [1.82, 2.24) is 9.36 Å². The molecule has 1 fully saturated rings. The summed E-state index contributed by atoms with van der Waals surface area (Å²) in [6, 6.07) is 0.525. The Bertz CT molecular complexity index is 325. The van der Waals surface area contributed by atoms with E-state index in [4.69, 9.17) is 4.74 Å². The number of aromatic nitrogens is 2. The molecule has 1 heterocycles. The van der Waals surface area contributed by atoms with Crippen molar-refractivity contribution in [2.75, 3.05) is 19.0 Å². The first kappa shape index (κ1) is 11.8. The van der Waals surface area contributed by atoms with Crippen molar-refractivity contribution in [3.8, 4) is 0 Å². The van der Waals surface area contributed by atoms with Gasteiger partial charge in [0.25, 0.3) is 0 Å². The maximum absolute atomic E-state index is 5.01. The number of rotatable bonds is 6. The van der Waals surface area contributed by atoms with Crippen molar-refractivity contribution >= 4 is 16.7 Å². The Hall–Kier alpha value is -0.680.